The van der Waals surface area contributed by atoms with Gasteiger partial charge in [0, 0.05) is 43.3 Å². The van der Waals surface area contributed by atoms with E-state index in [2.05, 4.69) is 51.6 Å². The van der Waals surface area contributed by atoms with Crippen LogP contribution in [0.25, 0.3) is 0 Å². The van der Waals surface area contributed by atoms with Crippen LogP contribution in [0.3, 0.4) is 0 Å². The van der Waals surface area contributed by atoms with E-state index in [9.17, 15) is 4.79 Å². The highest BCUT2D eigenvalue weighted by Gasteiger charge is 2.42. The molecule has 0 atom stereocenters. The van der Waals surface area contributed by atoms with Crippen molar-refractivity contribution in [1.29, 1.82) is 0 Å². The molecule has 2 fully saturated rings. The van der Waals surface area contributed by atoms with Gasteiger partial charge >= 0.3 is 0 Å². The van der Waals surface area contributed by atoms with Gasteiger partial charge in [-0.3, -0.25) is 9.69 Å². The summed E-state index contributed by atoms with van der Waals surface area (Å²) in [6.45, 7) is 6.48. The Labute approximate surface area is 213 Å². The van der Waals surface area contributed by atoms with Crippen molar-refractivity contribution in [1.82, 2.24) is 20.4 Å². The van der Waals surface area contributed by atoms with Crippen LogP contribution in [0, 0.1) is 6.92 Å². The Hall–Kier alpha value is -2.15. The number of halogens is 1. The molecule has 1 aliphatic heterocycles. The van der Waals surface area contributed by atoms with E-state index in [4.69, 9.17) is 23.8 Å². The van der Waals surface area contributed by atoms with E-state index in [0.29, 0.717) is 16.7 Å². The van der Waals surface area contributed by atoms with Crippen LogP contribution in [0.5, 0.6) is 0 Å². The third kappa shape index (κ3) is 6.29. The number of rotatable bonds is 6. The lowest BCUT2D eigenvalue weighted by Crippen LogP contribution is -2.64. The SMILES string of the molecule is Cc1ccc(CN2CCN(C(=S)NCC(=O)NCc3ccccc3Cl)CC23CCCCC3)cc1. The first-order valence-electron chi connectivity index (χ1n) is 12.3. The maximum Gasteiger partial charge on any atom is 0.239 e. The Morgan fingerprint density at radius 2 is 1.76 bits per heavy atom. The molecule has 5 nitrogen and oxygen atoms in total. The van der Waals surface area contributed by atoms with Gasteiger partial charge in [-0.1, -0.05) is 78.9 Å². The molecule has 0 bridgehead atoms. The van der Waals surface area contributed by atoms with Crippen LogP contribution < -0.4 is 10.6 Å². The largest absolute Gasteiger partial charge is 0.353 e. The summed E-state index contributed by atoms with van der Waals surface area (Å²) in [6, 6.07) is 16.5. The first kappa shape index (κ1) is 25.0. The maximum atomic E-state index is 12.4. The number of hydrogen-bond donors (Lipinski definition) is 2. The van der Waals surface area contributed by atoms with Gasteiger partial charge in [0.15, 0.2) is 5.11 Å². The van der Waals surface area contributed by atoms with E-state index in [0.717, 1.165) is 31.7 Å². The smallest absolute Gasteiger partial charge is 0.239 e. The Morgan fingerprint density at radius 1 is 1.03 bits per heavy atom. The van der Waals surface area contributed by atoms with Crippen LogP contribution in [-0.4, -0.2) is 52.5 Å². The van der Waals surface area contributed by atoms with Crippen molar-refractivity contribution >= 4 is 34.8 Å². The Morgan fingerprint density at radius 3 is 2.50 bits per heavy atom. The molecule has 2 aromatic rings. The second-order valence-electron chi connectivity index (χ2n) is 9.64. The number of benzene rings is 2. The zero-order valence-electron chi connectivity index (χ0n) is 20.0. The summed E-state index contributed by atoms with van der Waals surface area (Å²) < 4.78 is 0. The van der Waals surface area contributed by atoms with Crippen LogP contribution in [-0.2, 0) is 17.9 Å². The topological polar surface area (TPSA) is 47.6 Å². The predicted molar refractivity (Wildman–Crippen MR) is 143 cm³/mol. The fourth-order valence-corrected chi connectivity index (χ4v) is 5.63. The molecule has 0 aromatic heterocycles. The second-order valence-corrected chi connectivity index (χ2v) is 10.4. The van der Waals surface area contributed by atoms with E-state index in [1.54, 1.807) is 0 Å². The molecule has 4 rings (SSSR count). The van der Waals surface area contributed by atoms with E-state index in [1.165, 1.54) is 43.2 Å². The maximum absolute atomic E-state index is 12.4. The van der Waals surface area contributed by atoms with Crippen LogP contribution >= 0.6 is 23.8 Å². The van der Waals surface area contributed by atoms with Crippen LogP contribution in [0.15, 0.2) is 48.5 Å². The molecule has 7 heteroatoms. The van der Waals surface area contributed by atoms with Gasteiger partial charge in [-0.2, -0.15) is 0 Å². The summed E-state index contributed by atoms with van der Waals surface area (Å²) in [5.41, 5.74) is 3.73. The molecule has 1 amide bonds. The van der Waals surface area contributed by atoms with Gasteiger partial charge in [-0.25, -0.2) is 0 Å². The highest BCUT2D eigenvalue weighted by Crippen LogP contribution is 2.37. The molecule has 34 heavy (non-hydrogen) atoms. The van der Waals surface area contributed by atoms with Crippen molar-refractivity contribution < 1.29 is 4.79 Å². The minimum Gasteiger partial charge on any atom is -0.353 e. The van der Waals surface area contributed by atoms with Crippen molar-refractivity contribution in [3.63, 3.8) is 0 Å². The standard InChI is InChI=1S/C27H35ClN4OS/c1-21-9-11-22(12-10-21)19-32-16-15-31(20-27(32)13-5-2-6-14-27)26(34)30-18-25(33)29-17-23-7-3-4-8-24(23)28/h3-4,7-12H,2,5-6,13-20H2,1H3,(H,29,33)(H,30,34). The molecular weight excluding hydrogens is 464 g/mol. The monoisotopic (exact) mass is 498 g/mol. The average molecular weight is 499 g/mol. The number of carbonyl (C=O) groups excluding carboxylic acids is 1. The van der Waals surface area contributed by atoms with Gasteiger partial charge in [-0.15, -0.1) is 0 Å². The number of thiocarbonyl (C=S) groups is 1. The first-order valence-corrected chi connectivity index (χ1v) is 13.1. The molecule has 2 aromatic carbocycles. The fraction of sp³-hybridized carbons (Fsp3) is 0.481. The van der Waals surface area contributed by atoms with Gasteiger partial charge in [0.1, 0.15) is 0 Å². The number of aryl methyl sites for hydroxylation is 1. The van der Waals surface area contributed by atoms with Crippen LogP contribution in [0.4, 0.5) is 0 Å². The van der Waals surface area contributed by atoms with Crippen molar-refractivity contribution in [2.75, 3.05) is 26.2 Å². The number of amides is 1. The van der Waals surface area contributed by atoms with E-state index in [-0.39, 0.29) is 18.0 Å². The molecule has 0 unspecified atom stereocenters. The molecule has 1 saturated carbocycles. The summed E-state index contributed by atoms with van der Waals surface area (Å²) >= 11 is 11.9. The van der Waals surface area contributed by atoms with Crippen molar-refractivity contribution in [2.24, 2.45) is 0 Å². The van der Waals surface area contributed by atoms with Crippen LogP contribution in [0.1, 0.15) is 48.8 Å². The van der Waals surface area contributed by atoms with Crippen molar-refractivity contribution in [3.8, 4) is 0 Å². The zero-order chi connectivity index (χ0) is 24.0. The second kappa shape index (κ2) is 11.5. The molecule has 2 N–H and O–H groups in total. The fourth-order valence-electron chi connectivity index (χ4n) is 5.20. The van der Waals surface area contributed by atoms with Gasteiger partial charge in [0.2, 0.25) is 5.91 Å². The predicted octanol–water partition coefficient (Wildman–Crippen LogP) is 4.66. The van der Waals surface area contributed by atoms with Gasteiger partial charge in [0.25, 0.3) is 0 Å². The Kier molecular flexibility index (Phi) is 8.46. The summed E-state index contributed by atoms with van der Waals surface area (Å²) in [5, 5.41) is 7.44. The molecule has 0 radical (unpaired) electrons. The Balaban J connectivity index is 1.31. The number of hydrogen-bond acceptors (Lipinski definition) is 3. The minimum absolute atomic E-state index is 0.0901. The van der Waals surface area contributed by atoms with Gasteiger partial charge < -0.3 is 15.5 Å². The number of piperazine rings is 1. The third-order valence-electron chi connectivity index (χ3n) is 7.20. The summed E-state index contributed by atoms with van der Waals surface area (Å²) in [5.74, 6) is -0.0901. The number of nitrogens with one attached hydrogen (secondary N) is 2. The van der Waals surface area contributed by atoms with Crippen LogP contribution in [0.2, 0.25) is 5.02 Å². The van der Waals surface area contributed by atoms with E-state index < -0.39 is 0 Å². The molecule has 1 saturated heterocycles. The normalized spacial score (nSPS) is 18.0. The summed E-state index contributed by atoms with van der Waals surface area (Å²) in [4.78, 5) is 17.3. The molecule has 1 aliphatic carbocycles. The molecule has 1 heterocycles. The third-order valence-corrected chi connectivity index (χ3v) is 7.97. The molecule has 2 aliphatic rings. The van der Waals surface area contributed by atoms with Crippen molar-refractivity contribution in [2.45, 2.75) is 57.7 Å². The van der Waals surface area contributed by atoms with Crippen molar-refractivity contribution in [3.05, 3.63) is 70.2 Å². The summed E-state index contributed by atoms with van der Waals surface area (Å²) in [7, 11) is 0. The summed E-state index contributed by atoms with van der Waals surface area (Å²) in [6.07, 6.45) is 6.26. The average Bonchev–Trinajstić information content (AvgIpc) is 2.85. The first-order chi connectivity index (χ1) is 16.4. The number of carbonyl (C=O) groups is 1. The minimum atomic E-state index is -0.0901. The molecule has 182 valence electrons. The quantitative estimate of drug-likeness (QED) is 0.567. The molecule has 1 spiro atoms. The lowest BCUT2D eigenvalue weighted by atomic mass is 9.78. The van der Waals surface area contributed by atoms with E-state index in [1.807, 2.05) is 24.3 Å². The van der Waals surface area contributed by atoms with Gasteiger partial charge in [-0.05, 0) is 49.2 Å². The zero-order valence-corrected chi connectivity index (χ0v) is 21.6. The highest BCUT2D eigenvalue weighted by atomic mass is 35.5. The lowest BCUT2D eigenvalue weighted by Gasteiger charge is -2.53. The number of nitrogens with zero attached hydrogens (tertiary/aromatic N) is 2. The molecular formula is C27H35ClN4OS. The van der Waals surface area contributed by atoms with Gasteiger partial charge in [0.05, 0.1) is 6.54 Å². The Bertz CT molecular complexity index is 990. The highest BCUT2D eigenvalue weighted by molar-refractivity contribution is 7.80. The lowest BCUT2D eigenvalue weighted by molar-refractivity contribution is -0.120. The van der Waals surface area contributed by atoms with E-state index >= 15 is 0 Å².